The number of hydrogen-bond acceptors (Lipinski definition) is 4. The summed E-state index contributed by atoms with van der Waals surface area (Å²) in [6, 6.07) is 12.8. The molecule has 2 aromatic rings. The highest BCUT2D eigenvalue weighted by Gasteiger charge is 2.20. The van der Waals surface area contributed by atoms with Crippen LogP contribution in [0.1, 0.15) is 12.0 Å². The SMILES string of the molecule is CN(C(=O)CCN(Cc1cccnc1)S(C)(=O)=O)c1ccccc1. The first-order valence-corrected chi connectivity index (χ1v) is 9.38. The minimum absolute atomic E-state index is 0.110. The van der Waals surface area contributed by atoms with Crippen molar-refractivity contribution in [2.24, 2.45) is 0 Å². The molecule has 128 valence electrons. The maximum atomic E-state index is 12.3. The molecular weight excluding hydrogens is 326 g/mol. The lowest BCUT2D eigenvalue weighted by Crippen LogP contribution is -2.35. The molecule has 0 radical (unpaired) electrons. The number of carbonyl (C=O) groups excluding carboxylic acids is 1. The number of pyridine rings is 1. The number of nitrogens with zero attached hydrogens (tertiary/aromatic N) is 3. The number of hydrogen-bond donors (Lipinski definition) is 0. The van der Waals surface area contributed by atoms with Crippen LogP contribution in [-0.4, -0.2) is 43.5 Å². The Balaban J connectivity index is 2.01. The third-order valence-corrected chi connectivity index (χ3v) is 4.89. The van der Waals surface area contributed by atoms with Crippen molar-refractivity contribution in [2.75, 3.05) is 24.7 Å². The van der Waals surface area contributed by atoms with E-state index in [0.29, 0.717) is 0 Å². The van der Waals surface area contributed by atoms with Gasteiger partial charge in [-0.25, -0.2) is 8.42 Å². The third kappa shape index (κ3) is 5.14. The van der Waals surface area contributed by atoms with Gasteiger partial charge in [-0.3, -0.25) is 9.78 Å². The van der Waals surface area contributed by atoms with E-state index >= 15 is 0 Å². The standard InChI is InChI=1S/C17H21N3O3S/c1-19(16-8-4-3-5-9-16)17(21)10-12-20(24(2,22)23)14-15-7-6-11-18-13-15/h3-9,11,13H,10,12,14H2,1-2H3. The van der Waals surface area contributed by atoms with Gasteiger partial charge in [-0.1, -0.05) is 24.3 Å². The van der Waals surface area contributed by atoms with Gasteiger partial charge in [-0.15, -0.1) is 0 Å². The van der Waals surface area contributed by atoms with E-state index in [1.54, 1.807) is 25.5 Å². The van der Waals surface area contributed by atoms with Crippen molar-refractivity contribution in [3.05, 3.63) is 60.4 Å². The fourth-order valence-electron chi connectivity index (χ4n) is 2.24. The lowest BCUT2D eigenvalue weighted by Gasteiger charge is -2.22. The van der Waals surface area contributed by atoms with Crippen molar-refractivity contribution < 1.29 is 13.2 Å². The zero-order valence-corrected chi connectivity index (χ0v) is 14.6. The molecule has 0 bridgehead atoms. The van der Waals surface area contributed by atoms with E-state index in [2.05, 4.69) is 4.98 Å². The summed E-state index contributed by atoms with van der Waals surface area (Å²) in [5, 5.41) is 0. The van der Waals surface area contributed by atoms with Crippen molar-refractivity contribution in [3.63, 3.8) is 0 Å². The number of para-hydroxylation sites is 1. The molecule has 0 spiro atoms. The first kappa shape index (κ1) is 18.1. The summed E-state index contributed by atoms with van der Waals surface area (Å²) in [6.07, 6.45) is 4.51. The van der Waals surface area contributed by atoms with Gasteiger partial charge >= 0.3 is 0 Å². The molecule has 0 fully saturated rings. The van der Waals surface area contributed by atoms with Crippen LogP contribution in [0.5, 0.6) is 0 Å². The van der Waals surface area contributed by atoms with Gasteiger partial charge in [0.25, 0.3) is 0 Å². The number of anilines is 1. The van der Waals surface area contributed by atoms with E-state index < -0.39 is 10.0 Å². The van der Waals surface area contributed by atoms with Crippen molar-refractivity contribution >= 4 is 21.6 Å². The van der Waals surface area contributed by atoms with E-state index in [1.165, 1.54) is 9.21 Å². The number of benzene rings is 1. The molecule has 0 unspecified atom stereocenters. The molecule has 0 aliphatic carbocycles. The van der Waals surface area contributed by atoms with Gasteiger partial charge in [0.1, 0.15) is 0 Å². The Morgan fingerprint density at radius 1 is 1.12 bits per heavy atom. The molecule has 1 heterocycles. The van der Waals surface area contributed by atoms with E-state index in [9.17, 15) is 13.2 Å². The first-order chi connectivity index (χ1) is 11.4. The Bertz CT molecular complexity index is 764. The first-order valence-electron chi connectivity index (χ1n) is 7.53. The predicted molar refractivity (Wildman–Crippen MR) is 94.0 cm³/mol. The van der Waals surface area contributed by atoms with Gasteiger partial charge in [0.15, 0.2) is 0 Å². The molecule has 0 saturated heterocycles. The highest BCUT2D eigenvalue weighted by molar-refractivity contribution is 7.88. The zero-order chi connectivity index (χ0) is 17.6. The summed E-state index contributed by atoms with van der Waals surface area (Å²) in [6.45, 7) is 0.332. The summed E-state index contributed by atoms with van der Waals surface area (Å²) in [7, 11) is -1.73. The van der Waals surface area contributed by atoms with Crippen LogP contribution in [0.25, 0.3) is 0 Å². The Labute approximate surface area is 142 Å². The number of aromatic nitrogens is 1. The molecule has 7 heteroatoms. The van der Waals surface area contributed by atoms with Crippen LogP contribution in [0.3, 0.4) is 0 Å². The summed E-state index contributed by atoms with van der Waals surface area (Å²) >= 11 is 0. The quantitative estimate of drug-likeness (QED) is 0.767. The maximum absolute atomic E-state index is 12.3. The van der Waals surface area contributed by atoms with Crippen LogP contribution in [0, 0.1) is 0 Å². The molecule has 24 heavy (non-hydrogen) atoms. The molecule has 0 saturated carbocycles. The largest absolute Gasteiger partial charge is 0.315 e. The van der Waals surface area contributed by atoms with E-state index in [4.69, 9.17) is 0 Å². The van der Waals surface area contributed by atoms with Crippen LogP contribution in [0.4, 0.5) is 5.69 Å². The number of sulfonamides is 1. The summed E-state index contributed by atoms with van der Waals surface area (Å²) in [5.41, 5.74) is 1.56. The van der Waals surface area contributed by atoms with Crippen LogP contribution in [0.15, 0.2) is 54.9 Å². The molecule has 1 aromatic carbocycles. The normalized spacial score (nSPS) is 11.5. The molecule has 6 nitrogen and oxygen atoms in total. The third-order valence-electron chi connectivity index (χ3n) is 3.64. The van der Waals surface area contributed by atoms with Crippen LogP contribution < -0.4 is 4.90 Å². The average Bonchev–Trinajstić information content (AvgIpc) is 2.58. The minimum Gasteiger partial charge on any atom is -0.315 e. The minimum atomic E-state index is -3.41. The lowest BCUT2D eigenvalue weighted by molar-refractivity contribution is -0.118. The van der Waals surface area contributed by atoms with Gasteiger partial charge < -0.3 is 4.90 Å². The van der Waals surface area contributed by atoms with Crippen molar-refractivity contribution in [2.45, 2.75) is 13.0 Å². The van der Waals surface area contributed by atoms with Crippen LogP contribution in [0.2, 0.25) is 0 Å². The van der Waals surface area contributed by atoms with Gasteiger partial charge in [0.2, 0.25) is 15.9 Å². The summed E-state index contributed by atoms with van der Waals surface area (Å²) in [4.78, 5) is 17.8. The smallest absolute Gasteiger partial charge is 0.228 e. The second-order valence-corrected chi connectivity index (χ2v) is 7.48. The van der Waals surface area contributed by atoms with Crippen molar-refractivity contribution in [1.29, 1.82) is 0 Å². The van der Waals surface area contributed by atoms with Gasteiger partial charge in [0, 0.05) is 44.6 Å². The summed E-state index contributed by atoms with van der Waals surface area (Å²) < 4.78 is 25.2. The van der Waals surface area contributed by atoms with Gasteiger partial charge in [-0.05, 0) is 23.8 Å². The second-order valence-electron chi connectivity index (χ2n) is 5.50. The Morgan fingerprint density at radius 3 is 2.42 bits per heavy atom. The molecule has 0 atom stereocenters. The molecule has 0 N–H and O–H groups in total. The topological polar surface area (TPSA) is 70.6 Å². The number of carbonyl (C=O) groups is 1. The molecule has 1 amide bonds. The second kappa shape index (κ2) is 8.03. The molecular formula is C17H21N3O3S. The highest BCUT2D eigenvalue weighted by atomic mass is 32.2. The predicted octanol–water partition coefficient (Wildman–Crippen LogP) is 1.90. The molecule has 2 rings (SSSR count). The molecule has 0 aliphatic heterocycles. The fraction of sp³-hybridized carbons (Fsp3) is 0.294. The summed E-state index contributed by atoms with van der Waals surface area (Å²) in [5.74, 6) is -0.138. The Morgan fingerprint density at radius 2 is 1.83 bits per heavy atom. The van der Waals surface area contributed by atoms with E-state index in [1.807, 2.05) is 36.4 Å². The average molecular weight is 347 g/mol. The van der Waals surface area contributed by atoms with Gasteiger partial charge in [0.05, 0.1) is 6.26 Å². The fourth-order valence-corrected chi connectivity index (χ4v) is 3.05. The monoisotopic (exact) mass is 347 g/mol. The number of amides is 1. The van der Waals surface area contributed by atoms with Crippen molar-refractivity contribution in [1.82, 2.24) is 9.29 Å². The highest BCUT2D eigenvalue weighted by Crippen LogP contribution is 2.13. The molecule has 1 aromatic heterocycles. The van der Waals surface area contributed by atoms with E-state index in [0.717, 1.165) is 17.5 Å². The zero-order valence-electron chi connectivity index (χ0n) is 13.8. The van der Waals surface area contributed by atoms with Crippen LogP contribution in [-0.2, 0) is 21.4 Å². The van der Waals surface area contributed by atoms with Crippen molar-refractivity contribution in [3.8, 4) is 0 Å². The van der Waals surface area contributed by atoms with Crippen LogP contribution >= 0.6 is 0 Å². The number of rotatable bonds is 7. The molecule has 0 aliphatic rings. The van der Waals surface area contributed by atoms with E-state index in [-0.39, 0.29) is 25.4 Å². The Hall–Kier alpha value is -2.25. The van der Waals surface area contributed by atoms with Gasteiger partial charge in [-0.2, -0.15) is 4.31 Å². The maximum Gasteiger partial charge on any atom is 0.228 e. The Kier molecular flexibility index (Phi) is 6.05. The lowest BCUT2D eigenvalue weighted by atomic mass is 10.2.